The van der Waals surface area contributed by atoms with Gasteiger partial charge < -0.3 is 15.4 Å². The lowest BCUT2D eigenvalue weighted by Gasteiger charge is -2.11. The van der Waals surface area contributed by atoms with E-state index < -0.39 is 6.03 Å². The topological polar surface area (TPSA) is 67.4 Å². The van der Waals surface area contributed by atoms with E-state index in [9.17, 15) is 9.59 Å². The van der Waals surface area contributed by atoms with E-state index in [1.54, 1.807) is 24.3 Å². The average Bonchev–Trinajstić information content (AvgIpc) is 2.53. The highest BCUT2D eigenvalue weighted by Gasteiger charge is 2.05. The first-order valence-electron chi connectivity index (χ1n) is 7.42. The molecule has 6 heteroatoms. The van der Waals surface area contributed by atoms with Gasteiger partial charge in [-0.3, -0.25) is 4.79 Å². The van der Waals surface area contributed by atoms with Crippen molar-refractivity contribution in [1.29, 1.82) is 0 Å². The number of rotatable bonds is 5. The standard InChI is InChI=1S/C18H19ClN2O3/c1-11-8-16(9-12(2)17(11)19)24-10-20-18(23)21-15-6-4-14(5-7-15)13(3)22/h4-9H,10H2,1-3H3,(H2,20,21,23). The van der Waals surface area contributed by atoms with Gasteiger partial charge in [-0.2, -0.15) is 0 Å². The molecule has 0 aliphatic rings. The summed E-state index contributed by atoms with van der Waals surface area (Å²) < 4.78 is 5.51. The summed E-state index contributed by atoms with van der Waals surface area (Å²) >= 11 is 6.10. The molecule has 0 heterocycles. The molecule has 0 aromatic heterocycles. The summed E-state index contributed by atoms with van der Waals surface area (Å²) in [4.78, 5) is 23.0. The molecule has 0 spiro atoms. The highest BCUT2D eigenvalue weighted by atomic mass is 35.5. The number of Topliss-reactive ketones (excluding diaryl/α,β-unsaturated/α-hetero) is 1. The van der Waals surface area contributed by atoms with E-state index >= 15 is 0 Å². The van der Waals surface area contributed by atoms with Gasteiger partial charge in [-0.1, -0.05) is 11.6 Å². The largest absolute Gasteiger partial charge is 0.473 e. The summed E-state index contributed by atoms with van der Waals surface area (Å²) in [7, 11) is 0. The highest BCUT2D eigenvalue weighted by molar-refractivity contribution is 6.32. The fraction of sp³-hybridized carbons (Fsp3) is 0.222. The average molecular weight is 347 g/mol. The van der Waals surface area contributed by atoms with Crippen LogP contribution in [0.1, 0.15) is 28.4 Å². The van der Waals surface area contributed by atoms with Crippen LogP contribution in [-0.4, -0.2) is 18.5 Å². The third kappa shape index (κ3) is 4.73. The molecule has 2 aromatic carbocycles. The van der Waals surface area contributed by atoms with Crippen LogP contribution in [0.5, 0.6) is 5.75 Å². The van der Waals surface area contributed by atoms with Crippen molar-refractivity contribution >= 4 is 29.1 Å². The van der Waals surface area contributed by atoms with Crippen LogP contribution in [0, 0.1) is 13.8 Å². The van der Waals surface area contributed by atoms with Gasteiger partial charge in [0, 0.05) is 16.3 Å². The molecule has 0 aliphatic heterocycles. The van der Waals surface area contributed by atoms with Crippen LogP contribution in [0.2, 0.25) is 5.02 Å². The van der Waals surface area contributed by atoms with Crippen LogP contribution in [0.15, 0.2) is 36.4 Å². The van der Waals surface area contributed by atoms with Crippen molar-refractivity contribution in [2.45, 2.75) is 20.8 Å². The molecule has 0 saturated heterocycles. The van der Waals surface area contributed by atoms with Crippen LogP contribution in [0.25, 0.3) is 0 Å². The molecule has 2 N–H and O–H groups in total. The van der Waals surface area contributed by atoms with Gasteiger partial charge in [0.15, 0.2) is 12.5 Å². The van der Waals surface area contributed by atoms with E-state index in [1.807, 2.05) is 26.0 Å². The zero-order valence-electron chi connectivity index (χ0n) is 13.8. The van der Waals surface area contributed by atoms with E-state index in [1.165, 1.54) is 6.92 Å². The van der Waals surface area contributed by atoms with Gasteiger partial charge in [0.2, 0.25) is 0 Å². The highest BCUT2D eigenvalue weighted by Crippen LogP contribution is 2.25. The Bertz CT molecular complexity index is 734. The van der Waals surface area contributed by atoms with Crippen molar-refractivity contribution in [3.63, 3.8) is 0 Å². The van der Waals surface area contributed by atoms with Crippen LogP contribution < -0.4 is 15.4 Å². The second kappa shape index (κ2) is 7.84. The molecule has 0 unspecified atom stereocenters. The summed E-state index contributed by atoms with van der Waals surface area (Å²) in [6.07, 6.45) is 0. The molecule has 0 radical (unpaired) electrons. The second-order valence-corrected chi connectivity index (χ2v) is 5.80. The van der Waals surface area contributed by atoms with Crippen molar-refractivity contribution in [3.8, 4) is 5.75 Å². The zero-order valence-corrected chi connectivity index (χ0v) is 14.5. The molecule has 0 bridgehead atoms. The van der Waals surface area contributed by atoms with Crippen molar-refractivity contribution < 1.29 is 14.3 Å². The Morgan fingerprint density at radius 3 is 2.21 bits per heavy atom. The summed E-state index contributed by atoms with van der Waals surface area (Å²) in [5.41, 5.74) is 3.02. The minimum atomic E-state index is -0.395. The van der Waals surface area contributed by atoms with Gasteiger partial charge in [-0.15, -0.1) is 0 Å². The smallest absolute Gasteiger partial charge is 0.321 e. The number of ketones is 1. The summed E-state index contributed by atoms with van der Waals surface area (Å²) in [6, 6.07) is 9.89. The first kappa shape index (κ1) is 17.8. The molecule has 0 atom stereocenters. The van der Waals surface area contributed by atoms with Crippen molar-refractivity contribution in [1.82, 2.24) is 5.32 Å². The van der Waals surface area contributed by atoms with Crippen LogP contribution in [0.4, 0.5) is 10.5 Å². The Hall–Kier alpha value is -2.53. The first-order valence-corrected chi connectivity index (χ1v) is 7.80. The number of anilines is 1. The number of carbonyl (C=O) groups is 2. The fourth-order valence-corrected chi connectivity index (χ4v) is 2.25. The molecular weight excluding hydrogens is 328 g/mol. The van der Waals surface area contributed by atoms with Gasteiger partial charge in [0.25, 0.3) is 0 Å². The number of hydrogen-bond acceptors (Lipinski definition) is 3. The number of hydrogen-bond donors (Lipinski definition) is 2. The van der Waals surface area contributed by atoms with E-state index in [0.717, 1.165) is 11.1 Å². The number of nitrogens with one attached hydrogen (secondary N) is 2. The van der Waals surface area contributed by atoms with Crippen LogP contribution in [-0.2, 0) is 0 Å². The van der Waals surface area contributed by atoms with Gasteiger partial charge in [-0.05, 0) is 68.3 Å². The minimum absolute atomic E-state index is 0.0204. The molecule has 0 aliphatic carbocycles. The fourth-order valence-electron chi connectivity index (χ4n) is 2.14. The van der Waals surface area contributed by atoms with Crippen molar-refractivity contribution in [3.05, 3.63) is 58.1 Å². The zero-order chi connectivity index (χ0) is 17.7. The number of urea groups is 1. The maximum absolute atomic E-state index is 11.8. The maximum Gasteiger partial charge on any atom is 0.321 e. The van der Waals surface area contributed by atoms with E-state index in [2.05, 4.69) is 10.6 Å². The molecule has 24 heavy (non-hydrogen) atoms. The number of benzene rings is 2. The van der Waals surface area contributed by atoms with Crippen LogP contribution >= 0.6 is 11.6 Å². The van der Waals surface area contributed by atoms with Gasteiger partial charge >= 0.3 is 6.03 Å². The third-order valence-electron chi connectivity index (χ3n) is 3.43. The van der Waals surface area contributed by atoms with Crippen LogP contribution in [0.3, 0.4) is 0 Å². The quantitative estimate of drug-likeness (QED) is 0.626. The molecule has 5 nitrogen and oxygen atoms in total. The van der Waals surface area contributed by atoms with E-state index in [0.29, 0.717) is 22.0 Å². The Labute approximate surface area is 146 Å². The monoisotopic (exact) mass is 346 g/mol. The first-order chi connectivity index (χ1) is 11.4. The molecule has 0 saturated carbocycles. The Kier molecular flexibility index (Phi) is 5.82. The number of ether oxygens (including phenoxy) is 1. The summed E-state index contributed by atoms with van der Waals surface area (Å²) in [5.74, 6) is 0.619. The number of aryl methyl sites for hydroxylation is 2. The number of halogens is 1. The lowest BCUT2D eigenvalue weighted by molar-refractivity contribution is 0.101. The van der Waals surface area contributed by atoms with Gasteiger partial charge in [0.1, 0.15) is 5.75 Å². The number of amides is 2. The number of carbonyl (C=O) groups excluding carboxylic acids is 2. The second-order valence-electron chi connectivity index (χ2n) is 5.42. The van der Waals surface area contributed by atoms with E-state index in [-0.39, 0.29) is 12.5 Å². The van der Waals surface area contributed by atoms with E-state index in [4.69, 9.17) is 16.3 Å². The molecule has 126 valence electrons. The predicted octanol–water partition coefficient (Wildman–Crippen LogP) is 4.32. The predicted molar refractivity (Wildman–Crippen MR) is 95.0 cm³/mol. The Morgan fingerprint density at radius 1 is 1.08 bits per heavy atom. The third-order valence-corrected chi connectivity index (χ3v) is 4.03. The minimum Gasteiger partial charge on any atom is -0.473 e. The summed E-state index contributed by atoms with van der Waals surface area (Å²) in [5, 5.41) is 5.97. The van der Waals surface area contributed by atoms with Gasteiger partial charge in [-0.25, -0.2) is 4.79 Å². The SMILES string of the molecule is CC(=O)c1ccc(NC(=O)NCOc2cc(C)c(Cl)c(C)c2)cc1. The lowest BCUT2D eigenvalue weighted by Crippen LogP contribution is -2.32. The van der Waals surface area contributed by atoms with Crippen molar-refractivity contribution in [2.24, 2.45) is 0 Å². The van der Waals surface area contributed by atoms with Crippen molar-refractivity contribution in [2.75, 3.05) is 12.0 Å². The lowest BCUT2D eigenvalue weighted by atomic mass is 10.1. The normalized spacial score (nSPS) is 10.2. The summed E-state index contributed by atoms with van der Waals surface area (Å²) in [6.45, 7) is 5.31. The molecule has 0 fully saturated rings. The Balaban J connectivity index is 1.84. The molecular formula is C18H19ClN2O3. The molecule has 2 amide bonds. The maximum atomic E-state index is 11.8. The molecule has 2 rings (SSSR count). The molecule has 2 aromatic rings. The Morgan fingerprint density at radius 2 is 1.67 bits per heavy atom. The van der Waals surface area contributed by atoms with Gasteiger partial charge in [0.05, 0.1) is 0 Å².